The summed E-state index contributed by atoms with van der Waals surface area (Å²) in [5, 5.41) is 3.33. The lowest BCUT2D eigenvalue weighted by Crippen LogP contribution is -2.04. The van der Waals surface area contributed by atoms with Gasteiger partial charge in [0, 0.05) is 19.0 Å². The van der Waals surface area contributed by atoms with Crippen molar-refractivity contribution in [1.82, 2.24) is 9.97 Å². The Morgan fingerprint density at radius 3 is 2.32 bits per heavy atom. The number of rotatable bonds is 5. The Bertz CT molecular complexity index is 538. The summed E-state index contributed by atoms with van der Waals surface area (Å²) in [5.74, 6) is 1.71. The molecule has 0 fully saturated rings. The molecule has 0 atom stereocenters. The van der Waals surface area contributed by atoms with E-state index in [4.69, 9.17) is 0 Å². The summed E-state index contributed by atoms with van der Waals surface area (Å²) in [6.45, 7) is 4.99. The van der Waals surface area contributed by atoms with Gasteiger partial charge in [-0.15, -0.1) is 0 Å². The lowest BCUT2D eigenvalue weighted by Gasteiger charge is -2.08. The number of aromatic nitrogens is 2. The van der Waals surface area contributed by atoms with Crippen molar-refractivity contribution < 1.29 is 0 Å². The van der Waals surface area contributed by atoms with E-state index in [-0.39, 0.29) is 0 Å². The molecule has 19 heavy (non-hydrogen) atoms. The van der Waals surface area contributed by atoms with Gasteiger partial charge in [0.2, 0.25) is 0 Å². The number of hydrogen-bond acceptors (Lipinski definition) is 3. The molecule has 2 rings (SSSR count). The van der Waals surface area contributed by atoms with Crippen molar-refractivity contribution in [1.29, 1.82) is 0 Å². The third-order valence-electron chi connectivity index (χ3n) is 2.96. The van der Waals surface area contributed by atoms with Gasteiger partial charge in [-0.3, -0.25) is 0 Å². The first-order valence-electron chi connectivity index (χ1n) is 6.56. The minimum absolute atomic E-state index is 0.774. The summed E-state index contributed by atoms with van der Waals surface area (Å²) >= 11 is 3.41. The van der Waals surface area contributed by atoms with Gasteiger partial charge < -0.3 is 5.32 Å². The average Bonchev–Trinajstić information content (AvgIpc) is 2.45. The van der Waals surface area contributed by atoms with E-state index in [1.165, 1.54) is 11.1 Å². The van der Waals surface area contributed by atoms with Gasteiger partial charge in [-0.1, -0.05) is 38.1 Å². The molecule has 0 spiro atoms. The highest BCUT2D eigenvalue weighted by atomic mass is 79.9. The van der Waals surface area contributed by atoms with Crippen molar-refractivity contribution in [2.45, 2.75) is 33.2 Å². The van der Waals surface area contributed by atoms with Crippen LogP contribution in [0.5, 0.6) is 0 Å². The van der Waals surface area contributed by atoms with Crippen LogP contribution in [-0.2, 0) is 19.4 Å². The Labute approximate surface area is 122 Å². The summed E-state index contributed by atoms with van der Waals surface area (Å²) in [7, 11) is 0. The highest BCUT2D eigenvalue weighted by Crippen LogP contribution is 2.14. The first kappa shape index (κ1) is 14.0. The molecule has 1 aromatic heterocycles. The molecule has 2 aromatic rings. The minimum Gasteiger partial charge on any atom is -0.366 e. The van der Waals surface area contributed by atoms with E-state index in [2.05, 4.69) is 69.3 Å². The van der Waals surface area contributed by atoms with Crippen LogP contribution in [0.15, 0.2) is 34.9 Å². The van der Waals surface area contributed by atoms with E-state index in [1.54, 1.807) is 0 Å². The van der Waals surface area contributed by atoms with Gasteiger partial charge in [-0.25, -0.2) is 9.97 Å². The van der Waals surface area contributed by atoms with Gasteiger partial charge >= 0.3 is 0 Å². The van der Waals surface area contributed by atoms with Crippen molar-refractivity contribution in [3.63, 3.8) is 0 Å². The van der Waals surface area contributed by atoms with Crippen LogP contribution in [0, 0.1) is 0 Å². The second-order valence-corrected chi connectivity index (χ2v) is 5.18. The average molecular weight is 320 g/mol. The van der Waals surface area contributed by atoms with E-state index >= 15 is 0 Å². The zero-order valence-electron chi connectivity index (χ0n) is 11.3. The third kappa shape index (κ3) is 4.03. The van der Waals surface area contributed by atoms with E-state index in [0.29, 0.717) is 0 Å². The maximum Gasteiger partial charge on any atom is 0.131 e. The van der Waals surface area contributed by atoms with Crippen LogP contribution in [0.2, 0.25) is 0 Å². The SMILES string of the molecule is CCc1ccc(CNc2cc(Br)nc(CC)n2)cc1. The second-order valence-electron chi connectivity index (χ2n) is 4.37. The highest BCUT2D eigenvalue weighted by Gasteiger charge is 2.01. The normalized spacial score (nSPS) is 10.5. The molecule has 0 saturated carbocycles. The quantitative estimate of drug-likeness (QED) is 0.847. The van der Waals surface area contributed by atoms with Crippen molar-refractivity contribution in [3.8, 4) is 0 Å². The summed E-state index contributed by atoms with van der Waals surface area (Å²) in [6, 6.07) is 10.6. The second kappa shape index (κ2) is 6.66. The zero-order valence-corrected chi connectivity index (χ0v) is 12.9. The Balaban J connectivity index is 2.03. The van der Waals surface area contributed by atoms with Crippen LogP contribution in [0.3, 0.4) is 0 Å². The molecular formula is C15H18BrN3. The van der Waals surface area contributed by atoms with Crippen LogP contribution in [0.4, 0.5) is 5.82 Å². The number of nitrogens with zero attached hydrogens (tertiary/aromatic N) is 2. The van der Waals surface area contributed by atoms with Gasteiger partial charge in [0.25, 0.3) is 0 Å². The maximum atomic E-state index is 4.45. The molecule has 3 nitrogen and oxygen atoms in total. The van der Waals surface area contributed by atoms with Gasteiger partial charge in [0.15, 0.2) is 0 Å². The smallest absolute Gasteiger partial charge is 0.131 e. The monoisotopic (exact) mass is 319 g/mol. The Kier molecular flexibility index (Phi) is 4.91. The summed E-state index contributed by atoms with van der Waals surface area (Å²) in [6.07, 6.45) is 1.91. The van der Waals surface area contributed by atoms with Crippen LogP contribution >= 0.6 is 15.9 Å². The summed E-state index contributed by atoms with van der Waals surface area (Å²) < 4.78 is 0.822. The standard InChI is InChI=1S/C15H18BrN3/c1-3-11-5-7-12(8-6-11)10-17-15-9-13(16)18-14(4-2)19-15/h5-9H,3-4,10H2,1-2H3,(H,17,18,19). The first-order valence-corrected chi connectivity index (χ1v) is 7.35. The molecule has 0 radical (unpaired) electrons. The van der Waals surface area contributed by atoms with E-state index < -0.39 is 0 Å². The summed E-state index contributed by atoms with van der Waals surface area (Å²) in [4.78, 5) is 8.74. The highest BCUT2D eigenvalue weighted by molar-refractivity contribution is 9.10. The largest absolute Gasteiger partial charge is 0.366 e. The topological polar surface area (TPSA) is 37.8 Å². The molecule has 0 saturated heterocycles. The fourth-order valence-corrected chi connectivity index (χ4v) is 2.22. The molecule has 0 unspecified atom stereocenters. The Morgan fingerprint density at radius 2 is 1.68 bits per heavy atom. The van der Waals surface area contributed by atoms with Crippen LogP contribution in [0.1, 0.15) is 30.8 Å². The minimum atomic E-state index is 0.774. The van der Waals surface area contributed by atoms with E-state index in [0.717, 1.165) is 35.6 Å². The molecule has 0 amide bonds. The number of nitrogens with one attached hydrogen (secondary N) is 1. The van der Waals surface area contributed by atoms with Gasteiger partial charge in [0.1, 0.15) is 16.2 Å². The molecule has 0 bridgehead atoms. The zero-order chi connectivity index (χ0) is 13.7. The third-order valence-corrected chi connectivity index (χ3v) is 3.37. The Hall–Kier alpha value is -1.42. The summed E-state index contributed by atoms with van der Waals surface area (Å²) in [5.41, 5.74) is 2.62. The first-order chi connectivity index (χ1) is 9.21. The molecule has 1 heterocycles. The lowest BCUT2D eigenvalue weighted by atomic mass is 10.1. The molecule has 4 heteroatoms. The molecular weight excluding hydrogens is 302 g/mol. The number of anilines is 1. The predicted molar refractivity (Wildman–Crippen MR) is 82.3 cm³/mol. The van der Waals surface area contributed by atoms with Gasteiger partial charge in [-0.05, 0) is 33.5 Å². The number of aryl methyl sites for hydroxylation is 2. The molecule has 100 valence electrons. The maximum absolute atomic E-state index is 4.45. The lowest BCUT2D eigenvalue weighted by molar-refractivity contribution is 0.921. The molecule has 0 aliphatic heterocycles. The van der Waals surface area contributed by atoms with Crippen molar-refractivity contribution in [2.75, 3.05) is 5.32 Å². The fraction of sp³-hybridized carbons (Fsp3) is 0.333. The number of halogens is 1. The molecule has 1 N–H and O–H groups in total. The van der Waals surface area contributed by atoms with Gasteiger partial charge in [-0.2, -0.15) is 0 Å². The number of hydrogen-bond donors (Lipinski definition) is 1. The van der Waals surface area contributed by atoms with Crippen molar-refractivity contribution >= 4 is 21.7 Å². The van der Waals surface area contributed by atoms with Crippen molar-refractivity contribution in [3.05, 3.63) is 51.9 Å². The Morgan fingerprint density at radius 1 is 1.00 bits per heavy atom. The fourth-order valence-electron chi connectivity index (χ4n) is 1.80. The van der Waals surface area contributed by atoms with Crippen LogP contribution in [0.25, 0.3) is 0 Å². The van der Waals surface area contributed by atoms with Crippen LogP contribution in [-0.4, -0.2) is 9.97 Å². The van der Waals surface area contributed by atoms with Gasteiger partial charge in [0.05, 0.1) is 0 Å². The molecule has 1 aromatic carbocycles. The van der Waals surface area contributed by atoms with Crippen LogP contribution < -0.4 is 5.32 Å². The molecule has 0 aliphatic carbocycles. The number of benzene rings is 1. The van der Waals surface area contributed by atoms with E-state index in [1.807, 2.05) is 6.07 Å². The molecule has 0 aliphatic rings. The van der Waals surface area contributed by atoms with E-state index in [9.17, 15) is 0 Å². The predicted octanol–water partition coefficient (Wildman–Crippen LogP) is 3.98. The van der Waals surface area contributed by atoms with Crippen molar-refractivity contribution in [2.24, 2.45) is 0 Å².